The van der Waals surface area contributed by atoms with Crippen LogP contribution < -0.4 is 5.32 Å². The van der Waals surface area contributed by atoms with Crippen LogP contribution in [0.4, 0.5) is 0 Å². The van der Waals surface area contributed by atoms with Crippen molar-refractivity contribution in [1.29, 1.82) is 0 Å². The Hall–Kier alpha value is -0.860. The Balaban J connectivity index is 2.12. The Kier molecular flexibility index (Phi) is 3.97. The molecule has 2 heteroatoms. The van der Waals surface area contributed by atoms with Crippen LogP contribution in [0.2, 0.25) is 0 Å². The molecular formula is C14H22N2. The number of nitrogens with one attached hydrogen (secondary N) is 1. The SMILES string of the molecule is CNCCN(C)[C@H]1CCCc2ccccc21. The number of nitrogens with zero attached hydrogens (tertiary/aromatic N) is 1. The van der Waals surface area contributed by atoms with Gasteiger partial charge in [-0.05, 0) is 44.5 Å². The third kappa shape index (κ3) is 2.45. The van der Waals surface area contributed by atoms with E-state index in [0.717, 1.165) is 13.1 Å². The zero-order valence-electron chi connectivity index (χ0n) is 10.4. The number of likely N-dealkylation sites (N-methyl/N-ethyl adjacent to an activating group) is 2. The summed E-state index contributed by atoms with van der Waals surface area (Å²) in [5.74, 6) is 0. The van der Waals surface area contributed by atoms with Crippen LogP contribution in [0.25, 0.3) is 0 Å². The summed E-state index contributed by atoms with van der Waals surface area (Å²) in [5, 5.41) is 3.22. The smallest absolute Gasteiger partial charge is 0.0348 e. The van der Waals surface area contributed by atoms with Crippen LogP contribution >= 0.6 is 0 Å². The zero-order valence-corrected chi connectivity index (χ0v) is 10.4. The summed E-state index contributed by atoms with van der Waals surface area (Å²) in [5.41, 5.74) is 3.10. The van der Waals surface area contributed by atoms with E-state index in [1.165, 1.54) is 19.3 Å². The van der Waals surface area contributed by atoms with Crippen LogP contribution in [-0.4, -0.2) is 32.1 Å². The summed E-state index contributed by atoms with van der Waals surface area (Å²) in [6.07, 6.45) is 3.88. The van der Waals surface area contributed by atoms with Gasteiger partial charge in [-0.3, -0.25) is 4.90 Å². The monoisotopic (exact) mass is 218 g/mol. The van der Waals surface area contributed by atoms with Gasteiger partial charge in [0, 0.05) is 19.1 Å². The van der Waals surface area contributed by atoms with Crippen molar-refractivity contribution in [1.82, 2.24) is 10.2 Å². The number of hydrogen-bond donors (Lipinski definition) is 1. The second-order valence-electron chi connectivity index (χ2n) is 4.69. The fourth-order valence-corrected chi connectivity index (χ4v) is 2.63. The lowest BCUT2D eigenvalue weighted by Gasteiger charge is -2.33. The first kappa shape index (κ1) is 11.6. The van der Waals surface area contributed by atoms with E-state index in [-0.39, 0.29) is 0 Å². The van der Waals surface area contributed by atoms with E-state index in [0.29, 0.717) is 6.04 Å². The molecule has 1 aromatic carbocycles. The second-order valence-corrected chi connectivity index (χ2v) is 4.69. The van der Waals surface area contributed by atoms with Crippen molar-refractivity contribution in [2.45, 2.75) is 25.3 Å². The van der Waals surface area contributed by atoms with Crippen molar-refractivity contribution in [3.8, 4) is 0 Å². The average Bonchev–Trinajstić information content (AvgIpc) is 2.35. The van der Waals surface area contributed by atoms with Gasteiger partial charge in [-0.1, -0.05) is 24.3 Å². The fraction of sp³-hybridized carbons (Fsp3) is 0.571. The molecule has 0 saturated heterocycles. The van der Waals surface area contributed by atoms with Gasteiger partial charge in [0.15, 0.2) is 0 Å². The predicted molar refractivity (Wildman–Crippen MR) is 68.7 cm³/mol. The minimum atomic E-state index is 0.623. The van der Waals surface area contributed by atoms with Crippen LogP contribution in [-0.2, 0) is 6.42 Å². The molecule has 0 fully saturated rings. The molecule has 0 aliphatic heterocycles. The Morgan fingerprint density at radius 2 is 2.19 bits per heavy atom. The summed E-state index contributed by atoms with van der Waals surface area (Å²) >= 11 is 0. The maximum Gasteiger partial charge on any atom is 0.0348 e. The van der Waals surface area contributed by atoms with E-state index in [9.17, 15) is 0 Å². The lowest BCUT2D eigenvalue weighted by molar-refractivity contribution is 0.223. The second kappa shape index (κ2) is 5.46. The first-order valence-electron chi connectivity index (χ1n) is 6.25. The van der Waals surface area contributed by atoms with Gasteiger partial charge in [0.2, 0.25) is 0 Å². The topological polar surface area (TPSA) is 15.3 Å². The largest absolute Gasteiger partial charge is 0.318 e. The van der Waals surface area contributed by atoms with Gasteiger partial charge in [-0.15, -0.1) is 0 Å². The Morgan fingerprint density at radius 1 is 1.38 bits per heavy atom. The number of benzene rings is 1. The molecule has 0 amide bonds. The third-order valence-corrected chi connectivity index (χ3v) is 3.58. The first-order chi connectivity index (χ1) is 7.83. The van der Waals surface area contributed by atoms with Gasteiger partial charge in [0.1, 0.15) is 0 Å². The molecule has 1 aromatic rings. The molecule has 88 valence electrons. The highest BCUT2D eigenvalue weighted by Gasteiger charge is 2.22. The molecule has 1 atom stereocenters. The standard InChI is InChI=1S/C14H22N2/c1-15-10-11-16(2)14-9-5-7-12-6-3-4-8-13(12)14/h3-4,6,8,14-15H,5,7,9-11H2,1-2H3/t14-/m0/s1. The molecule has 2 rings (SSSR count). The van der Waals surface area contributed by atoms with Crippen LogP contribution in [0.15, 0.2) is 24.3 Å². The number of hydrogen-bond acceptors (Lipinski definition) is 2. The summed E-state index contributed by atoms with van der Waals surface area (Å²) in [6, 6.07) is 9.54. The zero-order chi connectivity index (χ0) is 11.4. The molecule has 2 nitrogen and oxygen atoms in total. The van der Waals surface area contributed by atoms with Crippen molar-refractivity contribution in [2.24, 2.45) is 0 Å². The molecule has 0 saturated carbocycles. The van der Waals surface area contributed by atoms with Gasteiger partial charge < -0.3 is 5.32 Å². The Morgan fingerprint density at radius 3 is 3.00 bits per heavy atom. The molecule has 1 aliphatic carbocycles. The van der Waals surface area contributed by atoms with Gasteiger partial charge >= 0.3 is 0 Å². The van der Waals surface area contributed by atoms with Gasteiger partial charge in [-0.25, -0.2) is 0 Å². The fourth-order valence-electron chi connectivity index (χ4n) is 2.63. The molecule has 0 bridgehead atoms. The predicted octanol–water partition coefficient (Wildman–Crippen LogP) is 2.22. The third-order valence-electron chi connectivity index (χ3n) is 3.58. The molecule has 0 heterocycles. The summed E-state index contributed by atoms with van der Waals surface area (Å²) < 4.78 is 0. The average molecular weight is 218 g/mol. The van der Waals surface area contributed by atoms with Crippen LogP contribution in [0.3, 0.4) is 0 Å². The molecule has 1 N–H and O–H groups in total. The summed E-state index contributed by atoms with van der Waals surface area (Å²) in [7, 11) is 4.26. The summed E-state index contributed by atoms with van der Waals surface area (Å²) in [6.45, 7) is 2.19. The van der Waals surface area contributed by atoms with Gasteiger partial charge in [0.05, 0.1) is 0 Å². The van der Waals surface area contributed by atoms with E-state index >= 15 is 0 Å². The van der Waals surface area contributed by atoms with Crippen molar-refractivity contribution < 1.29 is 0 Å². The maximum atomic E-state index is 3.22. The number of rotatable bonds is 4. The minimum Gasteiger partial charge on any atom is -0.318 e. The van der Waals surface area contributed by atoms with Crippen molar-refractivity contribution >= 4 is 0 Å². The van der Waals surface area contributed by atoms with E-state index in [1.54, 1.807) is 11.1 Å². The lowest BCUT2D eigenvalue weighted by Crippen LogP contribution is -2.32. The molecule has 0 unspecified atom stereocenters. The van der Waals surface area contributed by atoms with Crippen LogP contribution in [0, 0.1) is 0 Å². The highest BCUT2D eigenvalue weighted by molar-refractivity contribution is 5.32. The van der Waals surface area contributed by atoms with E-state index in [4.69, 9.17) is 0 Å². The van der Waals surface area contributed by atoms with Gasteiger partial charge in [0.25, 0.3) is 0 Å². The quantitative estimate of drug-likeness (QED) is 0.833. The number of aryl methyl sites for hydroxylation is 1. The molecule has 0 spiro atoms. The minimum absolute atomic E-state index is 0.623. The maximum absolute atomic E-state index is 3.22. The molecule has 16 heavy (non-hydrogen) atoms. The Labute approximate surface area is 98.7 Å². The van der Waals surface area contributed by atoms with Crippen LogP contribution in [0.1, 0.15) is 30.0 Å². The Bertz CT molecular complexity index is 335. The van der Waals surface area contributed by atoms with E-state index in [1.807, 2.05) is 7.05 Å². The normalized spacial score (nSPS) is 19.8. The molecule has 0 radical (unpaired) electrons. The first-order valence-corrected chi connectivity index (χ1v) is 6.25. The van der Waals surface area contributed by atoms with Gasteiger partial charge in [-0.2, -0.15) is 0 Å². The van der Waals surface area contributed by atoms with Crippen molar-refractivity contribution in [2.75, 3.05) is 27.2 Å². The molecule has 0 aromatic heterocycles. The summed E-state index contributed by atoms with van der Waals surface area (Å²) in [4.78, 5) is 2.48. The van der Waals surface area contributed by atoms with Crippen LogP contribution in [0.5, 0.6) is 0 Å². The van der Waals surface area contributed by atoms with Crippen molar-refractivity contribution in [3.63, 3.8) is 0 Å². The highest BCUT2D eigenvalue weighted by atomic mass is 15.1. The van der Waals surface area contributed by atoms with Crippen molar-refractivity contribution in [3.05, 3.63) is 35.4 Å². The number of fused-ring (bicyclic) bond motifs is 1. The lowest BCUT2D eigenvalue weighted by atomic mass is 9.87. The van der Waals surface area contributed by atoms with E-state index in [2.05, 4.69) is 41.5 Å². The molecular weight excluding hydrogens is 196 g/mol. The highest BCUT2D eigenvalue weighted by Crippen LogP contribution is 2.32. The van der Waals surface area contributed by atoms with E-state index < -0.39 is 0 Å². The molecule has 1 aliphatic rings.